The minimum absolute atomic E-state index is 0.123. The number of hydrogen-bond acceptors (Lipinski definition) is 7. The third kappa shape index (κ3) is 12.1. The van der Waals surface area contributed by atoms with Crippen LogP contribution in [0.3, 0.4) is 0 Å². The first-order chi connectivity index (χ1) is 20.2. The monoisotopic (exact) mass is 588 g/mol. The lowest BCUT2D eigenvalue weighted by molar-refractivity contribution is -0.155. The third-order valence-electron chi connectivity index (χ3n) is 6.24. The number of allylic oxidation sites excluding steroid dienone is 3. The number of esters is 1. The SMILES string of the molecule is C=C(/C=C\C(=C/C)N=Nc1ccc(NC(=O)c2ccc(OCCOC(=O)C(C)(C)CCC)cc2)cc1)NC(=O)C(C)(C)C. The number of carbonyl (C=O) groups excluding carboxylic acids is 3. The van der Waals surface area contributed by atoms with Crippen LogP contribution in [-0.4, -0.2) is 31.0 Å². The van der Waals surface area contributed by atoms with Gasteiger partial charge in [-0.15, -0.1) is 0 Å². The van der Waals surface area contributed by atoms with Gasteiger partial charge in [0.2, 0.25) is 5.91 Å². The molecule has 9 nitrogen and oxygen atoms in total. The van der Waals surface area contributed by atoms with Gasteiger partial charge in [-0.1, -0.05) is 46.8 Å². The molecule has 43 heavy (non-hydrogen) atoms. The van der Waals surface area contributed by atoms with Gasteiger partial charge < -0.3 is 20.1 Å². The molecule has 0 saturated carbocycles. The molecule has 0 bridgehead atoms. The van der Waals surface area contributed by atoms with Gasteiger partial charge in [0.05, 0.1) is 16.8 Å². The molecule has 0 fully saturated rings. The number of carbonyl (C=O) groups is 3. The third-order valence-corrected chi connectivity index (χ3v) is 6.24. The van der Waals surface area contributed by atoms with Crippen molar-refractivity contribution in [3.05, 3.63) is 90.3 Å². The number of hydrogen-bond donors (Lipinski definition) is 2. The topological polar surface area (TPSA) is 118 Å². The molecule has 0 saturated heterocycles. The fourth-order valence-corrected chi connectivity index (χ4v) is 3.60. The highest BCUT2D eigenvalue weighted by atomic mass is 16.6. The van der Waals surface area contributed by atoms with Gasteiger partial charge in [-0.3, -0.25) is 14.4 Å². The van der Waals surface area contributed by atoms with Gasteiger partial charge in [-0.2, -0.15) is 10.2 Å². The number of benzene rings is 2. The Morgan fingerprint density at radius 1 is 0.930 bits per heavy atom. The van der Waals surface area contributed by atoms with E-state index in [2.05, 4.69) is 27.4 Å². The molecule has 2 N–H and O–H groups in total. The van der Waals surface area contributed by atoms with E-state index in [1.807, 2.05) is 48.5 Å². The Balaban J connectivity index is 1.85. The largest absolute Gasteiger partial charge is 0.490 e. The zero-order valence-electron chi connectivity index (χ0n) is 26.3. The summed E-state index contributed by atoms with van der Waals surface area (Å²) in [6, 6.07) is 13.7. The second-order valence-electron chi connectivity index (χ2n) is 11.6. The van der Waals surface area contributed by atoms with Crippen LogP contribution in [0.15, 0.2) is 95.0 Å². The Morgan fingerprint density at radius 2 is 1.58 bits per heavy atom. The van der Waals surface area contributed by atoms with Gasteiger partial charge in [0, 0.05) is 22.4 Å². The zero-order chi connectivity index (χ0) is 32.0. The fourth-order valence-electron chi connectivity index (χ4n) is 3.60. The molecule has 0 unspecified atom stereocenters. The Labute approximate surface area is 255 Å². The van der Waals surface area contributed by atoms with E-state index in [1.54, 1.807) is 66.8 Å². The first kappa shape index (κ1) is 34.7. The number of nitrogens with zero attached hydrogens (tertiary/aromatic N) is 2. The van der Waals surface area contributed by atoms with E-state index in [9.17, 15) is 14.4 Å². The van der Waals surface area contributed by atoms with Gasteiger partial charge in [-0.05, 0) is 87.9 Å². The van der Waals surface area contributed by atoms with Gasteiger partial charge in [0.1, 0.15) is 19.0 Å². The molecule has 0 aliphatic carbocycles. The molecule has 2 rings (SSSR count). The molecule has 2 amide bonds. The number of amides is 2. The summed E-state index contributed by atoms with van der Waals surface area (Å²) in [6.45, 7) is 17.3. The predicted molar refractivity (Wildman–Crippen MR) is 170 cm³/mol. The van der Waals surface area contributed by atoms with Crippen molar-refractivity contribution in [1.29, 1.82) is 0 Å². The van der Waals surface area contributed by atoms with Crippen molar-refractivity contribution in [1.82, 2.24) is 5.32 Å². The van der Waals surface area contributed by atoms with E-state index in [1.165, 1.54) is 0 Å². The van der Waals surface area contributed by atoms with E-state index in [-0.39, 0.29) is 31.0 Å². The summed E-state index contributed by atoms with van der Waals surface area (Å²) in [5.74, 6) is -0.0535. The average Bonchev–Trinajstić information content (AvgIpc) is 2.95. The molecule has 0 aliphatic heterocycles. The molecule has 0 heterocycles. The van der Waals surface area contributed by atoms with Crippen molar-refractivity contribution < 1.29 is 23.9 Å². The number of rotatable bonds is 14. The van der Waals surface area contributed by atoms with E-state index in [4.69, 9.17) is 9.47 Å². The lowest BCUT2D eigenvalue weighted by Gasteiger charge is -2.21. The Hall–Kier alpha value is -4.53. The van der Waals surface area contributed by atoms with Gasteiger partial charge in [0.15, 0.2) is 0 Å². The molecule has 2 aromatic rings. The van der Waals surface area contributed by atoms with Gasteiger partial charge in [-0.25, -0.2) is 0 Å². The van der Waals surface area contributed by atoms with Crippen LogP contribution in [0.5, 0.6) is 5.75 Å². The minimum atomic E-state index is -0.517. The van der Waals surface area contributed by atoms with Crippen LogP contribution in [0, 0.1) is 10.8 Å². The standard InChI is InChI=1S/C34H44N4O5/c1-9-21-34(7,8)32(41)43-23-22-42-29-19-12-25(13-20-29)30(39)36-27-15-17-28(18-16-27)38-37-26(10-2)14-11-24(3)35-31(40)33(4,5)6/h10-20H,3,9,21-23H2,1-2,4-8H3,(H,35,40)(H,36,39)/b14-11-,26-10+,38-37?. The van der Waals surface area contributed by atoms with Crippen molar-refractivity contribution in [3.63, 3.8) is 0 Å². The normalized spacial score (nSPS) is 12.3. The summed E-state index contributed by atoms with van der Waals surface area (Å²) in [5, 5.41) is 14.1. The number of nitrogens with one attached hydrogen (secondary N) is 2. The van der Waals surface area contributed by atoms with Gasteiger partial charge in [0.25, 0.3) is 5.91 Å². The van der Waals surface area contributed by atoms with Crippen molar-refractivity contribution in [2.24, 2.45) is 21.1 Å². The lowest BCUT2D eigenvalue weighted by Crippen LogP contribution is -2.33. The fraction of sp³-hybridized carbons (Fsp3) is 0.382. The maximum Gasteiger partial charge on any atom is 0.311 e. The number of anilines is 1. The summed E-state index contributed by atoms with van der Waals surface area (Å²) >= 11 is 0. The molecular formula is C34H44N4O5. The Bertz CT molecular complexity index is 1350. The zero-order valence-corrected chi connectivity index (χ0v) is 26.3. The maximum atomic E-state index is 12.7. The highest BCUT2D eigenvalue weighted by Gasteiger charge is 2.28. The first-order valence-electron chi connectivity index (χ1n) is 14.3. The molecule has 0 aromatic heterocycles. The Morgan fingerprint density at radius 3 is 2.16 bits per heavy atom. The molecule has 0 spiro atoms. The molecule has 0 atom stereocenters. The first-order valence-corrected chi connectivity index (χ1v) is 14.3. The molecule has 0 radical (unpaired) electrons. The molecular weight excluding hydrogens is 544 g/mol. The van der Waals surface area contributed by atoms with E-state index in [0.29, 0.717) is 34.1 Å². The van der Waals surface area contributed by atoms with Crippen LogP contribution < -0.4 is 15.4 Å². The lowest BCUT2D eigenvalue weighted by atomic mass is 9.88. The maximum absolute atomic E-state index is 12.7. The number of azo groups is 1. The quantitative estimate of drug-likeness (QED) is 0.101. The van der Waals surface area contributed by atoms with Crippen molar-refractivity contribution in [2.45, 2.75) is 61.3 Å². The van der Waals surface area contributed by atoms with Crippen LogP contribution in [-0.2, 0) is 14.3 Å². The van der Waals surface area contributed by atoms with Crippen molar-refractivity contribution in [2.75, 3.05) is 18.5 Å². The summed E-state index contributed by atoms with van der Waals surface area (Å²) in [6.07, 6.45) is 6.84. The van der Waals surface area contributed by atoms with E-state index >= 15 is 0 Å². The van der Waals surface area contributed by atoms with Crippen LogP contribution >= 0.6 is 0 Å². The molecule has 9 heteroatoms. The van der Waals surface area contributed by atoms with Crippen LogP contribution in [0.1, 0.15) is 71.7 Å². The number of ether oxygens (including phenoxy) is 2. The molecule has 0 aliphatic rings. The van der Waals surface area contributed by atoms with Crippen molar-refractivity contribution in [3.8, 4) is 5.75 Å². The van der Waals surface area contributed by atoms with Crippen LogP contribution in [0.2, 0.25) is 0 Å². The second-order valence-corrected chi connectivity index (χ2v) is 11.6. The summed E-state index contributed by atoms with van der Waals surface area (Å²) in [4.78, 5) is 36.9. The van der Waals surface area contributed by atoms with Crippen LogP contribution in [0.25, 0.3) is 0 Å². The predicted octanol–water partition coefficient (Wildman–Crippen LogP) is 7.91. The average molecular weight is 589 g/mol. The van der Waals surface area contributed by atoms with Gasteiger partial charge >= 0.3 is 5.97 Å². The highest BCUT2D eigenvalue weighted by Crippen LogP contribution is 2.24. The summed E-state index contributed by atoms with van der Waals surface area (Å²) < 4.78 is 11.0. The smallest absolute Gasteiger partial charge is 0.311 e. The van der Waals surface area contributed by atoms with Crippen molar-refractivity contribution >= 4 is 29.2 Å². The van der Waals surface area contributed by atoms with Crippen LogP contribution in [0.4, 0.5) is 11.4 Å². The second kappa shape index (κ2) is 16.2. The Kier molecular flexibility index (Phi) is 13.1. The molecule has 2 aromatic carbocycles. The highest BCUT2D eigenvalue weighted by molar-refractivity contribution is 6.04. The van der Waals surface area contributed by atoms with E-state index in [0.717, 1.165) is 12.8 Å². The minimum Gasteiger partial charge on any atom is -0.490 e. The molecule has 230 valence electrons. The summed E-state index contributed by atoms with van der Waals surface area (Å²) in [7, 11) is 0. The van der Waals surface area contributed by atoms with E-state index < -0.39 is 10.8 Å². The summed E-state index contributed by atoms with van der Waals surface area (Å²) in [5.41, 5.74) is 1.70.